The smallest absolute Gasteiger partial charge is 0.224 e. The third-order valence-electron chi connectivity index (χ3n) is 2.83. The van der Waals surface area contributed by atoms with Crippen molar-refractivity contribution in [3.05, 3.63) is 29.3 Å². The Morgan fingerprint density at radius 1 is 1.50 bits per heavy atom. The fourth-order valence-electron chi connectivity index (χ4n) is 1.85. The minimum Gasteiger partial charge on any atom is -0.384 e. The monoisotopic (exact) mass is 274 g/mol. The first-order chi connectivity index (χ1) is 9.56. The Morgan fingerprint density at radius 3 is 2.90 bits per heavy atom. The van der Waals surface area contributed by atoms with Gasteiger partial charge in [0.15, 0.2) is 0 Å². The van der Waals surface area contributed by atoms with Gasteiger partial charge in [0.25, 0.3) is 0 Å². The zero-order valence-corrected chi connectivity index (χ0v) is 12.3. The number of carbonyl (C=O) groups is 1. The maximum atomic E-state index is 11.9. The first-order valence-corrected chi connectivity index (χ1v) is 6.65. The number of nitrogens with two attached hydrogens (primary N) is 1. The summed E-state index contributed by atoms with van der Waals surface area (Å²) in [7, 11) is 1.64. The Labute approximate surface area is 120 Å². The van der Waals surface area contributed by atoms with Gasteiger partial charge >= 0.3 is 0 Å². The second-order valence-corrected chi connectivity index (χ2v) is 4.85. The molecule has 1 aromatic rings. The lowest BCUT2D eigenvalue weighted by Crippen LogP contribution is -2.17. The van der Waals surface area contributed by atoms with Crippen LogP contribution in [0.25, 0.3) is 0 Å². The maximum absolute atomic E-state index is 11.9. The molecule has 0 aliphatic heterocycles. The molecule has 4 heteroatoms. The molecule has 0 aromatic heterocycles. The van der Waals surface area contributed by atoms with Gasteiger partial charge < -0.3 is 15.8 Å². The summed E-state index contributed by atoms with van der Waals surface area (Å²) in [5.41, 5.74) is 8.08. The van der Waals surface area contributed by atoms with E-state index in [2.05, 4.69) is 17.2 Å². The Hall–Kier alpha value is -1.83. The van der Waals surface area contributed by atoms with E-state index in [1.807, 2.05) is 32.0 Å². The molecule has 3 N–H and O–H groups in total. The number of amides is 1. The van der Waals surface area contributed by atoms with Crippen molar-refractivity contribution in [1.29, 1.82) is 0 Å². The number of rotatable bonds is 5. The summed E-state index contributed by atoms with van der Waals surface area (Å²) in [5.74, 6) is 6.00. The van der Waals surface area contributed by atoms with Gasteiger partial charge in [-0.25, -0.2) is 0 Å². The molecule has 0 radical (unpaired) electrons. The van der Waals surface area contributed by atoms with E-state index in [1.165, 1.54) is 0 Å². The molecule has 0 saturated carbocycles. The highest BCUT2D eigenvalue weighted by atomic mass is 16.5. The highest BCUT2D eigenvalue weighted by Crippen LogP contribution is 2.15. The number of ether oxygens (including phenoxy) is 1. The molecule has 1 unspecified atom stereocenters. The van der Waals surface area contributed by atoms with Crippen LogP contribution in [0.3, 0.4) is 0 Å². The first-order valence-electron chi connectivity index (χ1n) is 6.65. The van der Waals surface area contributed by atoms with Crippen LogP contribution in [-0.2, 0) is 9.53 Å². The minimum absolute atomic E-state index is 0.0175. The van der Waals surface area contributed by atoms with Crippen LogP contribution in [0.2, 0.25) is 0 Å². The van der Waals surface area contributed by atoms with Crippen molar-refractivity contribution < 1.29 is 9.53 Å². The second kappa shape index (κ2) is 8.36. The van der Waals surface area contributed by atoms with Crippen LogP contribution >= 0.6 is 0 Å². The van der Waals surface area contributed by atoms with Crippen LogP contribution in [0.5, 0.6) is 0 Å². The molecule has 20 heavy (non-hydrogen) atoms. The van der Waals surface area contributed by atoms with Gasteiger partial charge in [-0.1, -0.05) is 24.8 Å². The number of anilines is 1. The van der Waals surface area contributed by atoms with Crippen LogP contribution in [0.15, 0.2) is 18.2 Å². The van der Waals surface area contributed by atoms with Crippen LogP contribution in [0.1, 0.15) is 24.5 Å². The van der Waals surface area contributed by atoms with Crippen molar-refractivity contribution in [1.82, 2.24) is 0 Å². The summed E-state index contributed by atoms with van der Waals surface area (Å²) in [6.45, 7) is 4.86. The molecule has 1 amide bonds. The highest BCUT2D eigenvalue weighted by molar-refractivity contribution is 5.91. The Balaban J connectivity index is 2.70. The summed E-state index contributed by atoms with van der Waals surface area (Å²) < 4.78 is 5.02. The average Bonchev–Trinajstić information content (AvgIpc) is 2.39. The zero-order chi connectivity index (χ0) is 15.0. The SMILES string of the molecule is COCC(C)CC(=O)Nc1ccc(C)c(C#CCN)c1. The first kappa shape index (κ1) is 16.2. The van der Waals surface area contributed by atoms with Crippen molar-refractivity contribution >= 4 is 11.6 Å². The molecule has 4 nitrogen and oxygen atoms in total. The molecular formula is C16H22N2O2. The second-order valence-electron chi connectivity index (χ2n) is 4.85. The molecule has 0 heterocycles. The maximum Gasteiger partial charge on any atom is 0.224 e. The molecule has 0 aliphatic rings. The van der Waals surface area contributed by atoms with E-state index < -0.39 is 0 Å². The predicted octanol–water partition coefficient (Wildman–Crippen LogP) is 1.92. The quantitative estimate of drug-likeness (QED) is 0.806. The minimum atomic E-state index is -0.0175. The lowest BCUT2D eigenvalue weighted by atomic mass is 10.1. The molecule has 1 atom stereocenters. The Bertz CT molecular complexity index is 515. The molecule has 0 saturated heterocycles. The summed E-state index contributed by atoms with van der Waals surface area (Å²) in [4.78, 5) is 11.9. The molecular weight excluding hydrogens is 252 g/mol. The van der Waals surface area contributed by atoms with Crippen molar-refractivity contribution in [2.24, 2.45) is 11.7 Å². The predicted molar refractivity (Wildman–Crippen MR) is 81.4 cm³/mol. The summed E-state index contributed by atoms with van der Waals surface area (Å²) in [5, 5.41) is 2.88. The average molecular weight is 274 g/mol. The van der Waals surface area contributed by atoms with E-state index in [-0.39, 0.29) is 11.8 Å². The fourth-order valence-corrected chi connectivity index (χ4v) is 1.85. The number of methoxy groups -OCH3 is 1. The van der Waals surface area contributed by atoms with Gasteiger partial charge in [0, 0.05) is 31.4 Å². The van der Waals surface area contributed by atoms with Gasteiger partial charge in [0.2, 0.25) is 5.91 Å². The number of carbonyl (C=O) groups excluding carboxylic acids is 1. The Kier molecular flexibility index (Phi) is 6.78. The standard InChI is InChI=1S/C16H22N2O2/c1-12(11-20-3)9-16(19)18-15-7-6-13(2)14(10-15)5-4-8-17/h6-7,10,12H,8-9,11,17H2,1-3H3,(H,18,19). The Morgan fingerprint density at radius 2 is 2.25 bits per heavy atom. The largest absolute Gasteiger partial charge is 0.384 e. The van der Waals surface area contributed by atoms with Crippen LogP contribution < -0.4 is 11.1 Å². The molecule has 0 spiro atoms. The molecule has 0 bridgehead atoms. The number of nitrogens with one attached hydrogen (secondary N) is 1. The van der Waals surface area contributed by atoms with E-state index in [1.54, 1.807) is 7.11 Å². The lowest BCUT2D eigenvalue weighted by Gasteiger charge is -2.11. The highest BCUT2D eigenvalue weighted by Gasteiger charge is 2.09. The van der Waals surface area contributed by atoms with E-state index in [0.29, 0.717) is 19.6 Å². The fraction of sp³-hybridized carbons (Fsp3) is 0.438. The van der Waals surface area contributed by atoms with Gasteiger partial charge in [-0.3, -0.25) is 4.79 Å². The van der Waals surface area contributed by atoms with Crippen molar-refractivity contribution in [2.45, 2.75) is 20.3 Å². The number of benzene rings is 1. The van der Waals surface area contributed by atoms with Gasteiger partial charge in [-0.2, -0.15) is 0 Å². The molecule has 0 fully saturated rings. The molecule has 1 rings (SSSR count). The molecule has 0 aliphatic carbocycles. The van der Waals surface area contributed by atoms with E-state index in [4.69, 9.17) is 10.5 Å². The number of hydrogen-bond acceptors (Lipinski definition) is 3. The van der Waals surface area contributed by atoms with Gasteiger partial charge in [-0.15, -0.1) is 0 Å². The van der Waals surface area contributed by atoms with Gasteiger partial charge in [-0.05, 0) is 30.5 Å². The van der Waals surface area contributed by atoms with Crippen molar-refractivity contribution in [2.75, 3.05) is 25.6 Å². The van der Waals surface area contributed by atoms with Crippen molar-refractivity contribution in [3.8, 4) is 11.8 Å². The molecule has 1 aromatic carbocycles. The van der Waals surface area contributed by atoms with E-state index in [0.717, 1.165) is 16.8 Å². The van der Waals surface area contributed by atoms with Crippen molar-refractivity contribution in [3.63, 3.8) is 0 Å². The number of hydrogen-bond donors (Lipinski definition) is 2. The normalized spacial score (nSPS) is 11.4. The van der Waals surface area contributed by atoms with E-state index >= 15 is 0 Å². The third-order valence-corrected chi connectivity index (χ3v) is 2.83. The third kappa shape index (κ3) is 5.43. The van der Waals surface area contributed by atoms with Crippen LogP contribution in [0, 0.1) is 24.7 Å². The van der Waals surface area contributed by atoms with Crippen LogP contribution in [-0.4, -0.2) is 26.2 Å². The summed E-state index contributed by atoms with van der Waals surface area (Å²) >= 11 is 0. The summed E-state index contributed by atoms with van der Waals surface area (Å²) in [6.07, 6.45) is 0.436. The zero-order valence-electron chi connectivity index (χ0n) is 12.3. The van der Waals surface area contributed by atoms with E-state index in [9.17, 15) is 4.79 Å². The molecule has 108 valence electrons. The van der Waals surface area contributed by atoms with Gasteiger partial charge in [0.1, 0.15) is 0 Å². The van der Waals surface area contributed by atoms with Gasteiger partial charge in [0.05, 0.1) is 6.54 Å². The lowest BCUT2D eigenvalue weighted by molar-refractivity contribution is -0.117. The summed E-state index contributed by atoms with van der Waals surface area (Å²) in [6, 6.07) is 5.69. The number of aryl methyl sites for hydroxylation is 1. The van der Waals surface area contributed by atoms with Crippen LogP contribution in [0.4, 0.5) is 5.69 Å². The topological polar surface area (TPSA) is 64.3 Å².